The van der Waals surface area contributed by atoms with Gasteiger partial charge in [-0.15, -0.1) is 0 Å². The number of rotatable bonds is 5. The van der Waals surface area contributed by atoms with Gasteiger partial charge >= 0.3 is 0 Å². The largest absolute Gasteiger partial charge is 0.505 e. The number of nitrogens with one attached hydrogen (secondary N) is 1. The van der Waals surface area contributed by atoms with Crippen molar-refractivity contribution in [3.8, 4) is 11.4 Å². The van der Waals surface area contributed by atoms with Crippen LogP contribution in [0.5, 0.6) is 5.75 Å². The Kier molecular flexibility index (Phi) is 5.50. The van der Waals surface area contributed by atoms with Crippen LogP contribution in [0, 0.1) is 0 Å². The van der Waals surface area contributed by atoms with E-state index in [0.29, 0.717) is 5.69 Å². The molecule has 8 nitrogen and oxygen atoms in total. The van der Waals surface area contributed by atoms with Gasteiger partial charge in [-0.2, -0.15) is 14.9 Å². The average Bonchev–Trinajstić information content (AvgIpc) is 2.69. The van der Waals surface area contributed by atoms with Gasteiger partial charge in [0.05, 0.1) is 11.9 Å². The van der Waals surface area contributed by atoms with Crippen molar-refractivity contribution < 1.29 is 9.90 Å². The molecule has 3 rings (SSSR count). The van der Waals surface area contributed by atoms with Crippen LogP contribution in [-0.2, 0) is 0 Å². The van der Waals surface area contributed by atoms with Gasteiger partial charge < -0.3 is 10.0 Å². The monoisotopic (exact) mass is 377 g/mol. The highest BCUT2D eigenvalue weighted by Gasteiger charge is 2.16. The van der Waals surface area contributed by atoms with Gasteiger partial charge in [0.2, 0.25) is 0 Å². The summed E-state index contributed by atoms with van der Waals surface area (Å²) in [5, 5.41) is 17.8. The van der Waals surface area contributed by atoms with Crippen molar-refractivity contribution in [1.29, 1.82) is 0 Å². The van der Waals surface area contributed by atoms with E-state index in [-0.39, 0.29) is 5.69 Å². The number of anilines is 1. The molecule has 0 aliphatic heterocycles. The second-order valence-electron chi connectivity index (χ2n) is 6.15. The van der Waals surface area contributed by atoms with Crippen LogP contribution in [0.1, 0.15) is 16.1 Å². The zero-order chi connectivity index (χ0) is 20.1. The lowest BCUT2D eigenvalue weighted by atomic mass is 10.2. The zero-order valence-electron chi connectivity index (χ0n) is 15.4. The fraction of sp³-hybridized carbons (Fsp3) is 0.100. The number of carbonyl (C=O) groups excluding carboxylic acids is 1. The lowest BCUT2D eigenvalue weighted by molar-refractivity contribution is 0.0945. The number of amides is 1. The van der Waals surface area contributed by atoms with Crippen molar-refractivity contribution >= 4 is 17.8 Å². The highest BCUT2D eigenvalue weighted by molar-refractivity contribution is 5.95. The minimum absolute atomic E-state index is 0.302. The Labute approximate surface area is 161 Å². The van der Waals surface area contributed by atoms with Gasteiger partial charge in [-0.1, -0.05) is 30.3 Å². The summed E-state index contributed by atoms with van der Waals surface area (Å²) in [5.74, 6) is -1.25. The number of hydrazone groups is 1. The first-order valence-electron chi connectivity index (χ1n) is 8.45. The van der Waals surface area contributed by atoms with Gasteiger partial charge in [-0.3, -0.25) is 9.59 Å². The second-order valence-corrected chi connectivity index (χ2v) is 6.15. The van der Waals surface area contributed by atoms with Gasteiger partial charge in [-0.25, -0.2) is 5.43 Å². The van der Waals surface area contributed by atoms with E-state index in [9.17, 15) is 14.7 Å². The van der Waals surface area contributed by atoms with Crippen molar-refractivity contribution in [2.75, 3.05) is 19.0 Å². The number of para-hydroxylation sites is 1. The molecule has 1 amide bonds. The molecule has 0 fully saturated rings. The molecule has 3 aromatic rings. The minimum Gasteiger partial charge on any atom is -0.505 e. The number of hydrogen-bond donors (Lipinski definition) is 2. The third-order valence-electron chi connectivity index (χ3n) is 3.92. The standard InChI is InChI=1S/C20H19N5O3/c1-24(2)15-10-8-14(9-11-15)13-21-22-20(28)19-17(26)12-18(27)25(23-19)16-6-4-3-5-7-16/h3-13,26H,1-2H3,(H,22,28)/b21-13-. The summed E-state index contributed by atoms with van der Waals surface area (Å²) in [5.41, 5.74) is 3.76. The predicted molar refractivity (Wildman–Crippen MR) is 107 cm³/mol. The number of aromatic hydroxyl groups is 1. The summed E-state index contributed by atoms with van der Waals surface area (Å²) >= 11 is 0. The van der Waals surface area contributed by atoms with E-state index >= 15 is 0 Å². The van der Waals surface area contributed by atoms with Gasteiger partial charge in [0.1, 0.15) is 0 Å². The number of hydrogen-bond acceptors (Lipinski definition) is 6. The molecule has 142 valence electrons. The molecule has 0 spiro atoms. The normalized spacial score (nSPS) is 10.8. The smallest absolute Gasteiger partial charge is 0.295 e. The van der Waals surface area contributed by atoms with E-state index in [1.807, 2.05) is 43.3 Å². The Morgan fingerprint density at radius 1 is 1.14 bits per heavy atom. The van der Waals surface area contributed by atoms with E-state index in [1.165, 1.54) is 6.21 Å². The molecule has 0 saturated carbocycles. The molecule has 0 aliphatic rings. The van der Waals surface area contributed by atoms with Crippen molar-refractivity contribution in [2.45, 2.75) is 0 Å². The third kappa shape index (κ3) is 4.24. The molecular weight excluding hydrogens is 358 g/mol. The summed E-state index contributed by atoms with van der Waals surface area (Å²) in [6.07, 6.45) is 1.47. The summed E-state index contributed by atoms with van der Waals surface area (Å²) in [7, 11) is 3.88. The Hall–Kier alpha value is -3.94. The molecule has 0 atom stereocenters. The fourth-order valence-corrected chi connectivity index (χ4v) is 2.44. The first-order valence-corrected chi connectivity index (χ1v) is 8.45. The molecule has 0 saturated heterocycles. The SMILES string of the molecule is CN(C)c1ccc(/C=N\NC(=O)c2nn(-c3ccccc3)c(=O)cc2O)cc1. The molecule has 2 N–H and O–H groups in total. The van der Waals surface area contributed by atoms with Crippen LogP contribution in [0.25, 0.3) is 5.69 Å². The van der Waals surface area contributed by atoms with Crippen molar-refractivity contribution in [3.05, 3.63) is 82.3 Å². The number of nitrogens with zero attached hydrogens (tertiary/aromatic N) is 4. The molecule has 1 heterocycles. The molecular formula is C20H19N5O3. The van der Waals surface area contributed by atoms with E-state index in [4.69, 9.17) is 0 Å². The molecule has 2 aromatic carbocycles. The second kappa shape index (κ2) is 8.17. The van der Waals surface area contributed by atoms with Crippen LogP contribution >= 0.6 is 0 Å². The van der Waals surface area contributed by atoms with Gasteiger partial charge in [-0.05, 0) is 29.8 Å². The Morgan fingerprint density at radius 2 is 1.82 bits per heavy atom. The van der Waals surface area contributed by atoms with Crippen LogP contribution < -0.4 is 15.9 Å². The molecule has 8 heteroatoms. The highest BCUT2D eigenvalue weighted by atomic mass is 16.3. The van der Waals surface area contributed by atoms with Gasteiger partial charge in [0.25, 0.3) is 11.5 Å². The quantitative estimate of drug-likeness (QED) is 0.521. The third-order valence-corrected chi connectivity index (χ3v) is 3.92. The molecule has 0 radical (unpaired) electrons. The van der Waals surface area contributed by atoms with Crippen molar-refractivity contribution in [1.82, 2.24) is 15.2 Å². The predicted octanol–water partition coefficient (Wildman–Crippen LogP) is 1.77. The van der Waals surface area contributed by atoms with E-state index < -0.39 is 17.2 Å². The molecule has 0 bridgehead atoms. The van der Waals surface area contributed by atoms with E-state index in [0.717, 1.165) is 22.0 Å². The van der Waals surface area contributed by atoms with Crippen LogP contribution in [-0.4, -0.2) is 41.1 Å². The average molecular weight is 377 g/mol. The summed E-state index contributed by atoms with van der Waals surface area (Å²) in [4.78, 5) is 26.4. The summed E-state index contributed by atoms with van der Waals surface area (Å²) in [6, 6.07) is 17.1. The Morgan fingerprint density at radius 3 is 2.46 bits per heavy atom. The van der Waals surface area contributed by atoms with Crippen LogP contribution in [0.2, 0.25) is 0 Å². The van der Waals surface area contributed by atoms with E-state index in [2.05, 4.69) is 15.6 Å². The summed E-state index contributed by atoms with van der Waals surface area (Å²) in [6.45, 7) is 0. The van der Waals surface area contributed by atoms with Crippen LogP contribution in [0.15, 0.2) is 70.6 Å². The first kappa shape index (κ1) is 18.8. The number of aromatic nitrogens is 2. The Balaban J connectivity index is 1.78. The van der Waals surface area contributed by atoms with E-state index in [1.54, 1.807) is 30.3 Å². The molecule has 0 aliphatic carbocycles. The minimum atomic E-state index is -0.733. The highest BCUT2D eigenvalue weighted by Crippen LogP contribution is 2.13. The van der Waals surface area contributed by atoms with Crippen molar-refractivity contribution in [3.63, 3.8) is 0 Å². The first-order chi connectivity index (χ1) is 13.5. The van der Waals surface area contributed by atoms with Gasteiger partial charge in [0.15, 0.2) is 11.4 Å². The lowest BCUT2D eigenvalue weighted by Crippen LogP contribution is -2.27. The molecule has 0 unspecified atom stereocenters. The van der Waals surface area contributed by atoms with Crippen molar-refractivity contribution in [2.24, 2.45) is 5.10 Å². The molecule has 28 heavy (non-hydrogen) atoms. The number of benzene rings is 2. The fourth-order valence-electron chi connectivity index (χ4n) is 2.44. The van der Waals surface area contributed by atoms with Gasteiger partial charge in [0, 0.05) is 25.8 Å². The zero-order valence-corrected chi connectivity index (χ0v) is 15.4. The summed E-state index contributed by atoms with van der Waals surface area (Å²) < 4.78 is 1.04. The Bertz CT molecular complexity index is 1060. The van der Waals surface area contributed by atoms with Crippen LogP contribution in [0.3, 0.4) is 0 Å². The lowest BCUT2D eigenvalue weighted by Gasteiger charge is -2.11. The maximum atomic E-state index is 12.3. The van der Waals surface area contributed by atoms with Crippen LogP contribution in [0.4, 0.5) is 5.69 Å². The topological polar surface area (TPSA) is 99.8 Å². The molecule has 1 aromatic heterocycles. The number of carbonyl (C=O) groups is 1. The maximum absolute atomic E-state index is 12.3. The maximum Gasteiger partial charge on any atom is 0.295 e.